The van der Waals surface area contributed by atoms with Crippen molar-refractivity contribution in [1.29, 1.82) is 0 Å². The fourth-order valence-corrected chi connectivity index (χ4v) is 3.54. The number of thioether (sulfide) groups is 1. The summed E-state index contributed by atoms with van der Waals surface area (Å²) in [5, 5.41) is 10.9. The van der Waals surface area contributed by atoms with Crippen molar-refractivity contribution >= 4 is 52.2 Å². The fraction of sp³-hybridized carbons (Fsp3) is 0.250. The van der Waals surface area contributed by atoms with Gasteiger partial charge in [-0.1, -0.05) is 48.2 Å². The Morgan fingerprint density at radius 3 is 2.71 bits per heavy atom. The molecule has 126 valence electrons. The smallest absolute Gasteiger partial charge is 0.322 e. The summed E-state index contributed by atoms with van der Waals surface area (Å²) in [7, 11) is 0. The molecule has 1 unspecified atom stereocenters. The van der Waals surface area contributed by atoms with Gasteiger partial charge in [-0.2, -0.15) is 0 Å². The molecular weight excluding hydrogens is 348 g/mol. The minimum absolute atomic E-state index is 0.276. The van der Waals surface area contributed by atoms with E-state index in [1.807, 2.05) is 31.2 Å². The molecule has 1 saturated heterocycles. The zero-order chi connectivity index (χ0) is 17.9. The van der Waals surface area contributed by atoms with Crippen LogP contribution in [-0.2, 0) is 14.4 Å². The summed E-state index contributed by atoms with van der Waals surface area (Å²) in [6.45, 7) is 2.95. The van der Waals surface area contributed by atoms with Gasteiger partial charge >= 0.3 is 5.97 Å². The third-order valence-electron chi connectivity index (χ3n) is 3.48. The van der Waals surface area contributed by atoms with E-state index in [1.54, 1.807) is 6.08 Å². The summed E-state index contributed by atoms with van der Waals surface area (Å²) >= 11 is 6.33. The first-order chi connectivity index (χ1) is 11.3. The number of hydrogen-bond acceptors (Lipinski definition) is 5. The van der Waals surface area contributed by atoms with Crippen LogP contribution in [0.15, 0.2) is 29.2 Å². The van der Waals surface area contributed by atoms with Crippen molar-refractivity contribution in [1.82, 2.24) is 10.2 Å². The number of rotatable bonds is 5. The molecule has 24 heavy (non-hydrogen) atoms. The Morgan fingerprint density at radius 2 is 2.08 bits per heavy atom. The first kappa shape index (κ1) is 18.2. The van der Waals surface area contributed by atoms with Crippen LogP contribution in [0, 0.1) is 6.92 Å². The number of aryl methyl sites for hydroxylation is 1. The number of nitrogens with zero attached hydrogens (tertiary/aromatic N) is 1. The van der Waals surface area contributed by atoms with E-state index in [-0.39, 0.29) is 10.2 Å². The van der Waals surface area contributed by atoms with Crippen LogP contribution < -0.4 is 5.32 Å². The number of nitrogens with one attached hydrogen (secondary N) is 1. The number of amides is 2. The maximum Gasteiger partial charge on any atom is 0.322 e. The molecule has 0 aromatic heterocycles. The van der Waals surface area contributed by atoms with Gasteiger partial charge in [-0.25, -0.2) is 0 Å². The zero-order valence-electron chi connectivity index (χ0n) is 13.1. The Bertz CT molecular complexity index is 745. The maximum atomic E-state index is 12.6. The Morgan fingerprint density at radius 1 is 1.42 bits per heavy atom. The summed E-state index contributed by atoms with van der Waals surface area (Å²) in [6, 6.07) is 6.74. The lowest BCUT2D eigenvalue weighted by molar-refractivity contribution is -0.139. The fourth-order valence-electron chi connectivity index (χ4n) is 2.13. The molecule has 0 aliphatic carbocycles. The van der Waals surface area contributed by atoms with Crippen LogP contribution in [0.4, 0.5) is 0 Å². The van der Waals surface area contributed by atoms with Gasteiger partial charge in [-0.15, -0.1) is 0 Å². The van der Waals surface area contributed by atoms with Crippen molar-refractivity contribution < 1.29 is 19.5 Å². The van der Waals surface area contributed by atoms with Gasteiger partial charge in [0.15, 0.2) is 0 Å². The summed E-state index contributed by atoms with van der Waals surface area (Å²) in [4.78, 5) is 36.7. The molecule has 1 heterocycles. The van der Waals surface area contributed by atoms with Gasteiger partial charge < -0.3 is 10.4 Å². The number of thiocarbonyl (C=S) groups is 1. The number of benzene rings is 1. The molecule has 2 amide bonds. The van der Waals surface area contributed by atoms with Crippen LogP contribution in [0.25, 0.3) is 6.08 Å². The van der Waals surface area contributed by atoms with Gasteiger partial charge in [0.25, 0.3) is 5.91 Å². The summed E-state index contributed by atoms with van der Waals surface area (Å²) in [6.07, 6.45) is 1.75. The average Bonchev–Trinajstić information content (AvgIpc) is 2.80. The predicted molar refractivity (Wildman–Crippen MR) is 96.3 cm³/mol. The highest BCUT2D eigenvalue weighted by molar-refractivity contribution is 8.26. The molecule has 6 nitrogen and oxygen atoms in total. The topological polar surface area (TPSA) is 86.7 Å². The first-order valence-electron chi connectivity index (χ1n) is 7.13. The van der Waals surface area contributed by atoms with E-state index in [4.69, 9.17) is 17.3 Å². The molecule has 1 aliphatic rings. The van der Waals surface area contributed by atoms with Crippen molar-refractivity contribution in [3.05, 3.63) is 40.3 Å². The van der Waals surface area contributed by atoms with Gasteiger partial charge in [0, 0.05) is 0 Å². The number of aliphatic carboxylic acids is 1. The Hall–Kier alpha value is -2.19. The van der Waals surface area contributed by atoms with E-state index in [9.17, 15) is 14.4 Å². The predicted octanol–water partition coefficient (Wildman–Crippen LogP) is 1.79. The van der Waals surface area contributed by atoms with Gasteiger partial charge in [0.2, 0.25) is 5.91 Å². The second kappa shape index (κ2) is 7.59. The van der Waals surface area contributed by atoms with Crippen LogP contribution in [0.1, 0.15) is 18.1 Å². The van der Waals surface area contributed by atoms with Crippen molar-refractivity contribution in [2.45, 2.75) is 19.9 Å². The molecule has 0 saturated carbocycles. The molecule has 2 rings (SSSR count). The SMILES string of the molecule is Cc1ccccc1/C=C1\SC(=S)N(C(C)C(=O)NCC(=O)O)C1=O. The lowest BCUT2D eigenvalue weighted by Gasteiger charge is -2.21. The summed E-state index contributed by atoms with van der Waals surface area (Å²) < 4.78 is 0.276. The minimum Gasteiger partial charge on any atom is -0.480 e. The highest BCUT2D eigenvalue weighted by atomic mass is 32.2. The largest absolute Gasteiger partial charge is 0.480 e. The minimum atomic E-state index is -1.15. The monoisotopic (exact) mass is 364 g/mol. The quantitative estimate of drug-likeness (QED) is 0.612. The lowest BCUT2D eigenvalue weighted by Crippen LogP contribution is -2.48. The Labute approximate surface area is 148 Å². The van der Waals surface area contributed by atoms with Crippen LogP contribution in [0.2, 0.25) is 0 Å². The van der Waals surface area contributed by atoms with Crippen LogP contribution in [0.3, 0.4) is 0 Å². The van der Waals surface area contributed by atoms with Crippen LogP contribution >= 0.6 is 24.0 Å². The second-order valence-corrected chi connectivity index (χ2v) is 6.87. The van der Waals surface area contributed by atoms with Crippen molar-refractivity contribution in [3.63, 3.8) is 0 Å². The van der Waals surface area contributed by atoms with Gasteiger partial charge in [0.05, 0.1) is 4.91 Å². The molecule has 1 aromatic rings. The molecule has 0 radical (unpaired) electrons. The molecule has 8 heteroatoms. The highest BCUT2D eigenvalue weighted by Crippen LogP contribution is 2.34. The van der Waals surface area contributed by atoms with Gasteiger partial charge in [-0.3, -0.25) is 19.3 Å². The molecule has 1 atom stereocenters. The second-order valence-electron chi connectivity index (χ2n) is 5.20. The zero-order valence-corrected chi connectivity index (χ0v) is 14.7. The van der Waals surface area contributed by atoms with E-state index in [2.05, 4.69) is 5.32 Å². The molecule has 2 N–H and O–H groups in total. The third kappa shape index (κ3) is 4.01. The van der Waals surface area contributed by atoms with Crippen molar-refractivity contribution in [2.75, 3.05) is 6.54 Å². The summed E-state index contributed by atoms with van der Waals surface area (Å²) in [5.41, 5.74) is 1.93. The molecule has 1 fully saturated rings. The maximum absolute atomic E-state index is 12.6. The van der Waals surface area contributed by atoms with Crippen molar-refractivity contribution in [3.8, 4) is 0 Å². The van der Waals surface area contributed by atoms with E-state index < -0.39 is 24.5 Å². The Kier molecular flexibility index (Phi) is 5.74. The normalized spacial score (nSPS) is 17.2. The molecule has 1 aromatic carbocycles. The Balaban J connectivity index is 2.18. The molecule has 1 aliphatic heterocycles. The van der Waals surface area contributed by atoms with Gasteiger partial charge in [-0.05, 0) is 31.1 Å². The van der Waals surface area contributed by atoms with Crippen LogP contribution in [0.5, 0.6) is 0 Å². The first-order valence-corrected chi connectivity index (χ1v) is 8.36. The van der Waals surface area contributed by atoms with E-state index >= 15 is 0 Å². The molecular formula is C16H16N2O4S2. The summed E-state index contributed by atoms with van der Waals surface area (Å²) in [5.74, 6) is -2.07. The van der Waals surface area contributed by atoms with E-state index in [1.165, 1.54) is 11.8 Å². The number of carboxylic acids is 1. The van der Waals surface area contributed by atoms with E-state index in [0.717, 1.165) is 22.9 Å². The lowest BCUT2D eigenvalue weighted by atomic mass is 10.1. The average molecular weight is 364 g/mol. The van der Waals surface area contributed by atoms with Crippen molar-refractivity contribution in [2.24, 2.45) is 0 Å². The highest BCUT2D eigenvalue weighted by Gasteiger charge is 2.38. The standard InChI is InChI=1S/C16H16N2O4S2/c1-9-5-3-4-6-11(9)7-12-15(22)18(16(23)24-12)10(2)14(21)17-8-13(19)20/h3-7,10H,8H2,1-2H3,(H,17,21)(H,19,20)/b12-7-. The number of carboxylic acid groups (broad SMARTS) is 1. The number of hydrogen-bond donors (Lipinski definition) is 2. The third-order valence-corrected chi connectivity index (χ3v) is 4.81. The van der Waals surface area contributed by atoms with Crippen LogP contribution in [-0.4, -0.2) is 44.7 Å². The molecule has 0 spiro atoms. The van der Waals surface area contributed by atoms with Gasteiger partial charge in [0.1, 0.15) is 16.9 Å². The number of carbonyl (C=O) groups excluding carboxylic acids is 2. The molecule has 0 bridgehead atoms. The number of carbonyl (C=O) groups is 3. The van der Waals surface area contributed by atoms with E-state index in [0.29, 0.717) is 4.91 Å².